The zero-order valence-electron chi connectivity index (χ0n) is 17.7. The first-order chi connectivity index (χ1) is 14.3. The van der Waals surface area contributed by atoms with E-state index >= 15 is 0 Å². The summed E-state index contributed by atoms with van der Waals surface area (Å²) in [6.45, 7) is 6.06. The molecule has 1 aromatic rings. The molecule has 1 amide bonds. The number of unbranched alkanes of at least 4 members (excludes halogenated alkanes) is 2. The lowest BCUT2D eigenvalue weighted by molar-refractivity contribution is -0.162. The first-order valence-corrected chi connectivity index (χ1v) is 11.2. The number of carbonyl (C=O) groups is 1. The summed E-state index contributed by atoms with van der Waals surface area (Å²) in [4.78, 5) is 14.0. The molecular formula is C23H35NO5. The molecule has 162 valence electrons. The molecule has 6 nitrogen and oxygen atoms in total. The summed E-state index contributed by atoms with van der Waals surface area (Å²) in [5, 5.41) is 0. The molecule has 1 atom stereocenters. The molecule has 2 aliphatic heterocycles. The zero-order valence-corrected chi connectivity index (χ0v) is 17.7. The number of nitrogens with zero attached hydrogens (tertiary/aromatic N) is 1. The Morgan fingerprint density at radius 2 is 2.07 bits per heavy atom. The molecule has 6 heteroatoms. The number of fused-ring (bicyclic) bond motifs is 1. The van der Waals surface area contributed by atoms with E-state index in [9.17, 15) is 4.79 Å². The molecule has 0 aliphatic carbocycles. The van der Waals surface area contributed by atoms with E-state index in [4.69, 9.17) is 18.9 Å². The van der Waals surface area contributed by atoms with Crippen LogP contribution in [0.1, 0.15) is 63.0 Å². The normalized spacial score (nSPS) is 18.9. The topological polar surface area (TPSA) is 57.2 Å². The van der Waals surface area contributed by atoms with Gasteiger partial charge in [0.2, 0.25) is 0 Å². The van der Waals surface area contributed by atoms with Crippen molar-refractivity contribution in [2.45, 2.75) is 71.1 Å². The van der Waals surface area contributed by atoms with Crippen LogP contribution in [0.25, 0.3) is 0 Å². The second-order valence-corrected chi connectivity index (χ2v) is 7.76. The Balaban J connectivity index is 1.38. The number of ether oxygens (including phenoxy) is 4. The molecule has 0 spiro atoms. The molecule has 0 N–H and O–H groups in total. The van der Waals surface area contributed by atoms with Crippen LogP contribution in [0.3, 0.4) is 0 Å². The predicted octanol–water partition coefficient (Wildman–Crippen LogP) is 4.68. The second-order valence-electron chi connectivity index (χ2n) is 7.76. The molecular weight excluding hydrogens is 370 g/mol. The molecule has 2 aliphatic rings. The van der Waals surface area contributed by atoms with Crippen molar-refractivity contribution in [1.82, 2.24) is 4.90 Å². The van der Waals surface area contributed by atoms with Crippen molar-refractivity contribution >= 4 is 6.09 Å². The van der Waals surface area contributed by atoms with E-state index in [0.29, 0.717) is 26.3 Å². The third kappa shape index (κ3) is 6.89. The minimum atomic E-state index is -0.211. The second kappa shape index (κ2) is 12.0. The van der Waals surface area contributed by atoms with Gasteiger partial charge in [0.25, 0.3) is 0 Å². The van der Waals surface area contributed by atoms with E-state index in [0.717, 1.165) is 69.5 Å². The lowest BCUT2D eigenvalue weighted by Gasteiger charge is -2.29. The van der Waals surface area contributed by atoms with Crippen molar-refractivity contribution in [3.8, 4) is 5.75 Å². The lowest BCUT2D eigenvalue weighted by atomic mass is 9.99. The number of carbonyl (C=O) groups excluding carboxylic acids is 1. The average molecular weight is 406 g/mol. The van der Waals surface area contributed by atoms with E-state index in [-0.39, 0.29) is 12.4 Å². The lowest BCUT2D eigenvalue weighted by Crippen LogP contribution is -2.36. The van der Waals surface area contributed by atoms with Crippen LogP contribution < -0.4 is 4.74 Å². The molecule has 0 bridgehead atoms. The molecule has 1 unspecified atom stereocenters. The third-order valence-corrected chi connectivity index (χ3v) is 5.44. The molecule has 0 saturated carbocycles. The van der Waals surface area contributed by atoms with Crippen LogP contribution in [-0.2, 0) is 27.2 Å². The van der Waals surface area contributed by atoms with Gasteiger partial charge in [-0.25, -0.2) is 4.79 Å². The summed E-state index contributed by atoms with van der Waals surface area (Å²) in [6.07, 6.45) is 7.78. The molecule has 0 radical (unpaired) electrons. The molecule has 29 heavy (non-hydrogen) atoms. The fraction of sp³-hybridized carbons (Fsp3) is 0.696. The van der Waals surface area contributed by atoms with E-state index in [1.807, 2.05) is 12.1 Å². The smallest absolute Gasteiger partial charge is 0.410 e. The van der Waals surface area contributed by atoms with Crippen LogP contribution in [0.15, 0.2) is 18.2 Å². The number of rotatable bonds is 10. The largest absolute Gasteiger partial charge is 0.493 e. The minimum Gasteiger partial charge on any atom is -0.493 e. The van der Waals surface area contributed by atoms with E-state index in [1.54, 1.807) is 4.90 Å². The molecule has 2 heterocycles. The zero-order chi connectivity index (χ0) is 20.3. The molecule has 1 fully saturated rings. The fourth-order valence-electron chi connectivity index (χ4n) is 3.70. The number of amides is 1. The monoisotopic (exact) mass is 405 g/mol. The van der Waals surface area contributed by atoms with Gasteiger partial charge >= 0.3 is 6.09 Å². The van der Waals surface area contributed by atoms with Crippen molar-refractivity contribution in [3.63, 3.8) is 0 Å². The molecule has 1 saturated heterocycles. The Morgan fingerprint density at radius 1 is 1.17 bits per heavy atom. The van der Waals surface area contributed by atoms with Crippen LogP contribution in [0.2, 0.25) is 0 Å². The Morgan fingerprint density at radius 3 is 2.90 bits per heavy atom. The Bertz CT molecular complexity index is 630. The Kier molecular flexibility index (Phi) is 9.09. The van der Waals surface area contributed by atoms with Crippen molar-refractivity contribution in [1.29, 1.82) is 0 Å². The van der Waals surface area contributed by atoms with Gasteiger partial charge in [-0.15, -0.1) is 0 Å². The summed E-state index contributed by atoms with van der Waals surface area (Å²) in [5.41, 5.74) is 2.37. The van der Waals surface area contributed by atoms with Gasteiger partial charge in [0, 0.05) is 31.9 Å². The van der Waals surface area contributed by atoms with E-state index in [1.165, 1.54) is 12.0 Å². The quantitative estimate of drug-likeness (QED) is 0.529. The summed E-state index contributed by atoms with van der Waals surface area (Å²) in [6, 6.07) is 6.11. The van der Waals surface area contributed by atoms with E-state index in [2.05, 4.69) is 13.0 Å². The maximum atomic E-state index is 12.2. The van der Waals surface area contributed by atoms with Gasteiger partial charge in [0.15, 0.2) is 6.29 Å². The highest BCUT2D eigenvalue weighted by Gasteiger charge is 2.23. The summed E-state index contributed by atoms with van der Waals surface area (Å²) in [5.74, 6) is 0.943. The van der Waals surface area contributed by atoms with Crippen LogP contribution in [0, 0.1) is 0 Å². The number of hydrogen-bond acceptors (Lipinski definition) is 5. The maximum absolute atomic E-state index is 12.2. The summed E-state index contributed by atoms with van der Waals surface area (Å²) in [7, 11) is 0. The van der Waals surface area contributed by atoms with Crippen LogP contribution in [-0.4, -0.2) is 50.3 Å². The van der Waals surface area contributed by atoms with Gasteiger partial charge in [-0.2, -0.15) is 0 Å². The van der Waals surface area contributed by atoms with E-state index < -0.39 is 0 Å². The van der Waals surface area contributed by atoms with Crippen molar-refractivity contribution < 1.29 is 23.7 Å². The number of benzene rings is 1. The highest BCUT2D eigenvalue weighted by molar-refractivity contribution is 5.68. The first-order valence-electron chi connectivity index (χ1n) is 11.2. The first kappa shape index (κ1) is 21.9. The molecule has 1 aromatic carbocycles. The Labute approximate surface area is 174 Å². The summed E-state index contributed by atoms with van der Waals surface area (Å²) >= 11 is 0. The fourth-order valence-corrected chi connectivity index (χ4v) is 3.70. The van der Waals surface area contributed by atoms with Gasteiger partial charge in [0.05, 0.1) is 13.2 Å². The predicted molar refractivity (Wildman–Crippen MR) is 111 cm³/mol. The Hall–Kier alpha value is -1.79. The van der Waals surface area contributed by atoms with Gasteiger partial charge in [-0.1, -0.05) is 25.5 Å². The van der Waals surface area contributed by atoms with Crippen LogP contribution in [0.4, 0.5) is 4.79 Å². The highest BCUT2D eigenvalue weighted by atomic mass is 16.7. The van der Waals surface area contributed by atoms with Crippen LogP contribution in [0.5, 0.6) is 5.75 Å². The van der Waals surface area contributed by atoms with Gasteiger partial charge in [0.1, 0.15) is 5.75 Å². The molecule has 3 rings (SSSR count). The third-order valence-electron chi connectivity index (χ3n) is 5.44. The summed E-state index contributed by atoms with van der Waals surface area (Å²) < 4.78 is 22.7. The van der Waals surface area contributed by atoms with Gasteiger partial charge in [-0.05, 0) is 56.6 Å². The van der Waals surface area contributed by atoms with Crippen molar-refractivity contribution in [2.24, 2.45) is 0 Å². The SMILES string of the molecule is CCCCOC(=O)N1CCc2c(cccc2OCCCCOC2CCCCO2)C1. The minimum absolute atomic E-state index is 0.0116. The van der Waals surface area contributed by atoms with Crippen molar-refractivity contribution in [2.75, 3.05) is 33.0 Å². The maximum Gasteiger partial charge on any atom is 0.410 e. The van der Waals surface area contributed by atoms with Crippen LogP contribution >= 0.6 is 0 Å². The van der Waals surface area contributed by atoms with Gasteiger partial charge in [-0.3, -0.25) is 0 Å². The van der Waals surface area contributed by atoms with Gasteiger partial charge < -0.3 is 23.8 Å². The van der Waals surface area contributed by atoms with Crippen molar-refractivity contribution in [3.05, 3.63) is 29.3 Å². The molecule has 0 aromatic heterocycles. The highest BCUT2D eigenvalue weighted by Crippen LogP contribution is 2.28. The standard InChI is InChI=1S/C23H35NO5/c1-2-3-14-29-23(25)24-13-12-20-19(18-24)9-8-10-21(20)26-15-6-7-17-28-22-11-4-5-16-27-22/h8-10,22H,2-7,11-18H2,1H3. The number of hydrogen-bond donors (Lipinski definition) is 0. The average Bonchev–Trinajstić information content (AvgIpc) is 2.76.